The second-order valence-electron chi connectivity index (χ2n) is 6.46. The molecule has 0 spiro atoms. The molecule has 0 bridgehead atoms. The summed E-state index contributed by atoms with van der Waals surface area (Å²) >= 11 is 0. The summed E-state index contributed by atoms with van der Waals surface area (Å²) < 4.78 is 11.6. The molecule has 0 aliphatic carbocycles. The Labute approximate surface area is 128 Å². The smallest absolute Gasteiger partial charge is 0.118 e. The van der Waals surface area contributed by atoms with Gasteiger partial charge in [0.2, 0.25) is 0 Å². The molecule has 1 saturated heterocycles. The lowest BCUT2D eigenvalue weighted by molar-refractivity contribution is -0.0325. The third kappa shape index (κ3) is 5.13. The van der Waals surface area contributed by atoms with Crippen molar-refractivity contribution in [3.8, 4) is 0 Å². The number of hydrogen-bond acceptors (Lipinski definition) is 4. The lowest BCUT2D eigenvalue weighted by atomic mass is 10.2. The second kappa shape index (κ2) is 7.97. The second-order valence-corrected chi connectivity index (χ2v) is 6.46. The van der Waals surface area contributed by atoms with E-state index < -0.39 is 0 Å². The van der Waals surface area contributed by atoms with E-state index in [1.807, 2.05) is 0 Å². The molecule has 1 aliphatic heterocycles. The van der Waals surface area contributed by atoms with E-state index in [-0.39, 0.29) is 0 Å². The van der Waals surface area contributed by atoms with E-state index >= 15 is 0 Å². The summed E-state index contributed by atoms with van der Waals surface area (Å²) in [5.41, 5.74) is 1.31. The maximum absolute atomic E-state index is 5.87. The maximum Gasteiger partial charge on any atom is 0.118 e. The summed E-state index contributed by atoms with van der Waals surface area (Å²) in [5.74, 6) is 2.76. The van der Waals surface area contributed by atoms with Crippen molar-refractivity contribution in [2.75, 3.05) is 26.2 Å². The predicted molar refractivity (Wildman–Crippen MR) is 85.3 cm³/mol. The van der Waals surface area contributed by atoms with Crippen LogP contribution in [0, 0.1) is 12.8 Å². The van der Waals surface area contributed by atoms with Crippen LogP contribution in [-0.2, 0) is 17.8 Å². The van der Waals surface area contributed by atoms with Crippen LogP contribution in [0.4, 0.5) is 0 Å². The van der Waals surface area contributed by atoms with Crippen molar-refractivity contribution in [2.24, 2.45) is 5.92 Å². The third-order valence-corrected chi connectivity index (χ3v) is 4.00. The lowest BCUT2D eigenvalue weighted by Crippen LogP contribution is -2.41. The van der Waals surface area contributed by atoms with Gasteiger partial charge in [0.25, 0.3) is 0 Å². The molecule has 4 nitrogen and oxygen atoms in total. The van der Waals surface area contributed by atoms with Gasteiger partial charge in [0, 0.05) is 25.2 Å². The minimum atomic E-state index is 0.387. The highest BCUT2D eigenvalue weighted by Crippen LogP contribution is 2.19. The van der Waals surface area contributed by atoms with Crippen molar-refractivity contribution in [3.05, 3.63) is 23.2 Å². The maximum atomic E-state index is 5.87. The van der Waals surface area contributed by atoms with Gasteiger partial charge in [-0.25, -0.2) is 0 Å². The molecule has 1 unspecified atom stereocenters. The molecule has 2 heterocycles. The van der Waals surface area contributed by atoms with Gasteiger partial charge in [-0.15, -0.1) is 0 Å². The fourth-order valence-corrected chi connectivity index (χ4v) is 2.73. The van der Waals surface area contributed by atoms with Crippen LogP contribution in [-0.4, -0.2) is 37.2 Å². The minimum Gasteiger partial charge on any atom is -0.465 e. The summed E-state index contributed by atoms with van der Waals surface area (Å²) in [4.78, 5) is 2.47. The van der Waals surface area contributed by atoms with Crippen LogP contribution in [0.2, 0.25) is 0 Å². The quantitative estimate of drug-likeness (QED) is 0.839. The van der Waals surface area contributed by atoms with Gasteiger partial charge in [-0.1, -0.05) is 20.8 Å². The lowest BCUT2D eigenvalue weighted by Gasteiger charge is -2.32. The molecule has 120 valence electrons. The molecular weight excluding hydrogens is 264 g/mol. The van der Waals surface area contributed by atoms with E-state index in [0.717, 1.165) is 57.3 Å². The summed E-state index contributed by atoms with van der Waals surface area (Å²) in [7, 11) is 0. The number of rotatable bonds is 7. The van der Waals surface area contributed by atoms with Crippen molar-refractivity contribution in [3.63, 3.8) is 0 Å². The number of aryl methyl sites for hydroxylation is 1. The fraction of sp³-hybridized carbons (Fsp3) is 0.765. The molecule has 1 aromatic rings. The molecular formula is C17H30N2O2. The highest BCUT2D eigenvalue weighted by molar-refractivity contribution is 5.20. The Hall–Kier alpha value is -0.840. The Bertz CT molecular complexity index is 428. The van der Waals surface area contributed by atoms with E-state index in [9.17, 15) is 0 Å². The average Bonchev–Trinajstić information content (AvgIpc) is 2.79. The van der Waals surface area contributed by atoms with Gasteiger partial charge in [0.15, 0.2) is 0 Å². The first-order valence-corrected chi connectivity index (χ1v) is 8.21. The fourth-order valence-electron chi connectivity index (χ4n) is 2.73. The molecule has 0 amide bonds. The number of morpholine rings is 1. The van der Waals surface area contributed by atoms with Crippen LogP contribution in [0.25, 0.3) is 0 Å². The Balaban J connectivity index is 1.86. The zero-order chi connectivity index (χ0) is 15.2. The number of ether oxygens (including phenoxy) is 1. The molecule has 1 aromatic heterocycles. The minimum absolute atomic E-state index is 0.387. The Kier molecular flexibility index (Phi) is 6.27. The van der Waals surface area contributed by atoms with E-state index in [1.165, 1.54) is 5.56 Å². The molecule has 0 radical (unpaired) electrons. The zero-order valence-electron chi connectivity index (χ0n) is 13.9. The number of hydrogen-bond donors (Lipinski definition) is 1. The number of nitrogens with zero attached hydrogens (tertiary/aromatic N) is 1. The van der Waals surface area contributed by atoms with Crippen LogP contribution < -0.4 is 5.32 Å². The van der Waals surface area contributed by atoms with Crippen molar-refractivity contribution in [1.29, 1.82) is 0 Å². The zero-order valence-corrected chi connectivity index (χ0v) is 13.9. The van der Waals surface area contributed by atoms with Gasteiger partial charge < -0.3 is 14.5 Å². The van der Waals surface area contributed by atoms with Crippen molar-refractivity contribution < 1.29 is 9.15 Å². The Morgan fingerprint density at radius 1 is 1.43 bits per heavy atom. The van der Waals surface area contributed by atoms with Gasteiger partial charge in [-0.05, 0) is 31.9 Å². The Morgan fingerprint density at radius 2 is 2.24 bits per heavy atom. The summed E-state index contributed by atoms with van der Waals surface area (Å²) in [5, 5.41) is 3.43. The van der Waals surface area contributed by atoms with Gasteiger partial charge >= 0.3 is 0 Å². The third-order valence-electron chi connectivity index (χ3n) is 4.00. The van der Waals surface area contributed by atoms with Crippen molar-refractivity contribution in [2.45, 2.75) is 53.3 Å². The van der Waals surface area contributed by atoms with Crippen LogP contribution in [0.3, 0.4) is 0 Å². The predicted octanol–water partition coefficient (Wildman–Crippen LogP) is 2.94. The Morgan fingerprint density at radius 3 is 2.95 bits per heavy atom. The first-order valence-electron chi connectivity index (χ1n) is 8.21. The topological polar surface area (TPSA) is 37.6 Å². The molecule has 2 rings (SSSR count). The van der Waals surface area contributed by atoms with Crippen LogP contribution in [0.5, 0.6) is 0 Å². The first-order chi connectivity index (χ1) is 10.1. The summed E-state index contributed by atoms with van der Waals surface area (Å²) in [6, 6.07) is 2.21. The van der Waals surface area contributed by atoms with Crippen LogP contribution in [0.15, 0.2) is 10.5 Å². The van der Waals surface area contributed by atoms with Gasteiger partial charge in [0.05, 0.1) is 19.3 Å². The summed E-state index contributed by atoms with van der Waals surface area (Å²) in [6.45, 7) is 14.4. The van der Waals surface area contributed by atoms with Crippen molar-refractivity contribution in [1.82, 2.24) is 10.2 Å². The van der Waals surface area contributed by atoms with E-state index in [4.69, 9.17) is 9.15 Å². The van der Waals surface area contributed by atoms with Gasteiger partial charge in [-0.3, -0.25) is 4.90 Å². The number of furan rings is 1. The molecule has 1 N–H and O–H groups in total. The van der Waals surface area contributed by atoms with E-state index in [1.54, 1.807) is 0 Å². The SMILES string of the molecule is CCC1CN(Cc2cc(CNCC(C)C)oc2C)CCO1. The molecule has 4 heteroatoms. The van der Waals surface area contributed by atoms with E-state index in [0.29, 0.717) is 12.0 Å². The number of nitrogens with one attached hydrogen (secondary N) is 1. The molecule has 21 heavy (non-hydrogen) atoms. The molecule has 1 fully saturated rings. The van der Waals surface area contributed by atoms with Crippen LogP contribution in [0.1, 0.15) is 44.3 Å². The average molecular weight is 294 g/mol. The van der Waals surface area contributed by atoms with Gasteiger partial charge in [0.1, 0.15) is 11.5 Å². The standard InChI is InChI=1S/C17H30N2O2/c1-5-16-12-19(6-7-20-16)11-15-8-17(21-14(15)4)10-18-9-13(2)3/h8,13,16,18H,5-7,9-12H2,1-4H3. The van der Waals surface area contributed by atoms with E-state index in [2.05, 4.69) is 44.0 Å². The largest absolute Gasteiger partial charge is 0.465 e. The molecule has 1 atom stereocenters. The highest BCUT2D eigenvalue weighted by Gasteiger charge is 2.20. The molecule has 1 aliphatic rings. The highest BCUT2D eigenvalue weighted by atomic mass is 16.5. The first kappa shape index (κ1) is 16.5. The molecule has 0 saturated carbocycles. The van der Waals surface area contributed by atoms with Crippen LogP contribution >= 0.6 is 0 Å². The summed E-state index contributed by atoms with van der Waals surface area (Å²) in [6.07, 6.45) is 1.48. The molecule has 0 aromatic carbocycles. The van der Waals surface area contributed by atoms with Gasteiger partial charge in [-0.2, -0.15) is 0 Å². The van der Waals surface area contributed by atoms with Crippen molar-refractivity contribution >= 4 is 0 Å². The monoisotopic (exact) mass is 294 g/mol. The normalized spacial score (nSPS) is 20.3.